The molecular formula is C16H14ClN3O. The van der Waals surface area contributed by atoms with Crippen molar-refractivity contribution < 1.29 is 4.79 Å². The van der Waals surface area contributed by atoms with Gasteiger partial charge in [0.25, 0.3) is 5.91 Å². The lowest BCUT2D eigenvalue weighted by molar-refractivity contribution is 0.102. The van der Waals surface area contributed by atoms with Gasteiger partial charge < -0.3 is 10.6 Å². The molecule has 2 aromatic rings. The van der Waals surface area contributed by atoms with Crippen LogP contribution in [0.25, 0.3) is 0 Å². The average Bonchev–Trinajstić information content (AvgIpc) is 2.47. The highest BCUT2D eigenvalue weighted by Crippen LogP contribution is 2.23. The second-order valence-corrected chi connectivity index (χ2v) is 4.99. The van der Waals surface area contributed by atoms with E-state index in [-0.39, 0.29) is 5.91 Å². The Morgan fingerprint density at radius 2 is 1.95 bits per heavy atom. The van der Waals surface area contributed by atoms with Crippen LogP contribution < -0.4 is 10.6 Å². The monoisotopic (exact) mass is 299 g/mol. The van der Waals surface area contributed by atoms with E-state index in [0.717, 1.165) is 11.3 Å². The van der Waals surface area contributed by atoms with Crippen molar-refractivity contribution in [2.45, 2.75) is 6.92 Å². The van der Waals surface area contributed by atoms with Crippen LogP contribution in [-0.4, -0.2) is 13.0 Å². The number of halogens is 1. The molecule has 0 heterocycles. The molecule has 2 aromatic carbocycles. The van der Waals surface area contributed by atoms with Gasteiger partial charge in [-0.2, -0.15) is 5.26 Å². The lowest BCUT2D eigenvalue weighted by atomic mass is 10.1. The van der Waals surface area contributed by atoms with Crippen LogP contribution in [0.3, 0.4) is 0 Å². The second kappa shape index (κ2) is 6.29. The van der Waals surface area contributed by atoms with Crippen molar-refractivity contribution in [1.29, 1.82) is 5.26 Å². The molecular weight excluding hydrogens is 286 g/mol. The van der Waals surface area contributed by atoms with Gasteiger partial charge in [-0.1, -0.05) is 23.2 Å². The molecule has 21 heavy (non-hydrogen) atoms. The van der Waals surface area contributed by atoms with E-state index in [2.05, 4.69) is 10.6 Å². The first-order chi connectivity index (χ1) is 10.0. The van der Waals surface area contributed by atoms with Crippen molar-refractivity contribution >= 4 is 28.9 Å². The fraction of sp³-hybridized carbons (Fsp3) is 0.125. The summed E-state index contributed by atoms with van der Waals surface area (Å²) >= 11 is 5.91. The summed E-state index contributed by atoms with van der Waals surface area (Å²) in [7, 11) is 1.75. The third-order valence-electron chi connectivity index (χ3n) is 3.04. The summed E-state index contributed by atoms with van der Waals surface area (Å²) in [5.74, 6) is -0.290. The average molecular weight is 300 g/mol. The Morgan fingerprint density at radius 3 is 2.62 bits per heavy atom. The summed E-state index contributed by atoms with van der Waals surface area (Å²) < 4.78 is 0. The molecule has 0 aliphatic carbocycles. The third-order valence-corrected chi connectivity index (χ3v) is 3.27. The Labute approximate surface area is 128 Å². The van der Waals surface area contributed by atoms with Crippen LogP contribution in [0.1, 0.15) is 21.5 Å². The minimum absolute atomic E-state index is 0.290. The zero-order valence-corrected chi connectivity index (χ0v) is 12.5. The highest BCUT2D eigenvalue weighted by Gasteiger charge is 2.13. The summed E-state index contributed by atoms with van der Waals surface area (Å²) in [4.78, 5) is 12.4. The van der Waals surface area contributed by atoms with E-state index >= 15 is 0 Å². The van der Waals surface area contributed by atoms with Crippen molar-refractivity contribution in [3.8, 4) is 6.07 Å². The van der Waals surface area contributed by atoms with Crippen LogP contribution in [-0.2, 0) is 0 Å². The smallest absolute Gasteiger partial charge is 0.257 e. The van der Waals surface area contributed by atoms with E-state index in [4.69, 9.17) is 16.9 Å². The van der Waals surface area contributed by atoms with Gasteiger partial charge in [-0.15, -0.1) is 0 Å². The minimum Gasteiger partial charge on any atom is -0.387 e. The van der Waals surface area contributed by atoms with E-state index < -0.39 is 0 Å². The predicted molar refractivity (Wildman–Crippen MR) is 84.8 cm³/mol. The van der Waals surface area contributed by atoms with Crippen molar-refractivity contribution in [3.63, 3.8) is 0 Å². The second-order valence-electron chi connectivity index (χ2n) is 4.55. The van der Waals surface area contributed by atoms with E-state index in [9.17, 15) is 4.79 Å². The van der Waals surface area contributed by atoms with E-state index in [1.807, 2.05) is 25.1 Å². The Hall–Kier alpha value is -2.51. The predicted octanol–water partition coefficient (Wildman–Crippen LogP) is 3.81. The number of nitrogens with one attached hydrogen (secondary N) is 2. The molecule has 0 fully saturated rings. The molecule has 0 bridgehead atoms. The first-order valence-corrected chi connectivity index (χ1v) is 6.72. The molecule has 2 N–H and O–H groups in total. The van der Waals surface area contributed by atoms with E-state index in [0.29, 0.717) is 21.8 Å². The standard InChI is InChI=1S/C16H14ClN3O/c1-10-3-6-14(19-2)13(7-10)16(21)20-15-8-12(17)5-4-11(15)9-18/h3-8,19H,1-2H3,(H,20,21). The Balaban J connectivity index is 2.37. The molecule has 4 nitrogen and oxygen atoms in total. The number of nitrogens with zero attached hydrogens (tertiary/aromatic N) is 1. The largest absolute Gasteiger partial charge is 0.387 e. The summed E-state index contributed by atoms with van der Waals surface area (Å²) in [6, 6.07) is 12.3. The first-order valence-electron chi connectivity index (χ1n) is 6.34. The first kappa shape index (κ1) is 14.9. The van der Waals surface area contributed by atoms with Crippen LogP contribution in [0.15, 0.2) is 36.4 Å². The van der Waals surface area contributed by atoms with Crippen LogP contribution in [0.2, 0.25) is 5.02 Å². The van der Waals surface area contributed by atoms with Gasteiger partial charge in [-0.05, 0) is 37.3 Å². The van der Waals surface area contributed by atoms with Crippen molar-refractivity contribution in [3.05, 3.63) is 58.1 Å². The molecule has 0 saturated heterocycles. The maximum Gasteiger partial charge on any atom is 0.257 e. The van der Waals surface area contributed by atoms with Gasteiger partial charge in [0.2, 0.25) is 0 Å². The molecule has 0 aromatic heterocycles. The van der Waals surface area contributed by atoms with Crippen LogP contribution >= 0.6 is 11.6 Å². The quantitative estimate of drug-likeness (QED) is 0.905. The SMILES string of the molecule is CNc1ccc(C)cc1C(=O)Nc1cc(Cl)ccc1C#N. The van der Waals surface area contributed by atoms with Gasteiger partial charge in [-0.25, -0.2) is 0 Å². The molecule has 0 radical (unpaired) electrons. The van der Waals surface area contributed by atoms with Gasteiger partial charge in [-0.3, -0.25) is 4.79 Å². The zero-order chi connectivity index (χ0) is 15.4. The number of carbonyl (C=O) groups is 1. The molecule has 0 unspecified atom stereocenters. The maximum atomic E-state index is 12.4. The number of rotatable bonds is 3. The maximum absolute atomic E-state index is 12.4. The number of aryl methyl sites for hydroxylation is 1. The number of benzene rings is 2. The molecule has 2 rings (SSSR count). The fourth-order valence-electron chi connectivity index (χ4n) is 1.97. The van der Waals surface area contributed by atoms with Crippen LogP contribution in [0.4, 0.5) is 11.4 Å². The van der Waals surface area contributed by atoms with Crippen molar-refractivity contribution in [1.82, 2.24) is 0 Å². The molecule has 0 aliphatic rings. The number of hydrogen-bond donors (Lipinski definition) is 2. The van der Waals surface area contributed by atoms with Gasteiger partial charge in [0.05, 0.1) is 16.8 Å². The highest BCUT2D eigenvalue weighted by atomic mass is 35.5. The number of amides is 1. The molecule has 1 amide bonds. The number of carbonyl (C=O) groups excluding carboxylic acids is 1. The van der Waals surface area contributed by atoms with E-state index in [1.54, 1.807) is 31.3 Å². The summed E-state index contributed by atoms with van der Waals surface area (Å²) in [6.07, 6.45) is 0. The van der Waals surface area contributed by atoms with E-state index in [1.165, 1.54) is 0 Å². The minimum atomic E-state index is -0.290. The molecule has 0 saturated carbocycles. The number of hydrogen-bond acceptors (Lipinski definition) is 3. The fourth-order valence-corrected chi connectivity index (χ4v) is 2.14. The lowest BCUT2D eigenvalue weighted by Gasteiger charge is -2.12. The van der Waals surface area contributed by atoms with Gasteiger partial charge in [0, 0.05) is 17.8 Å². The zero-order valence-electron chi connectivity index (χ0n) is 11.7. The molecule has 0 atom stereocenters. The van der Waals surface area contributed by atoms with Crippen molar-refractivity contribution in [2.24, 2.45) is 0 Å². The summed E-state index contributed by atoms with van der Waals surface area (Å²) in [6.45, 7) is 1.91. The van der Waals surface area contributed by atoms with Crippen molar-refractivity contribution in [2.75, 3.05) is 17.7 Å². The number of nitriles is 1. The van der Waals surface area contributed by atoms with Crippen LogP contribution in [0, 0.1) is 18.3 Å². The molecule has 106 valence electrons. The number of anilines is 2. The Morgan fingerprint density at radius 1 is 1.19 bits per heavy atom. The third kappa shape index (κ3) is 3.33. The molecule has 0 aliphatic heterocycles. The summed E-state index contributed by atoms with van der Waals surface area (Å²) in [5.41, 5.74) is 2.98. The Bertz CT molecular complexity index is 735. The molecule has 0 spiro atoms. The lowest BCUT2D eigenvalue weighted by Crippen LogP contribution is -2.15. The molecule has 5 heteroatoms. The highest BCUT2D eigenvalue weighted by molar-refractivity contribution is 6.31. The van der Waals surface area contributed by atoms with Gasteiger partial charge in [0.15, 0.2) is 0 Å². The normalized spacial score (nSPS) is 9.81. The van der Waals surface area contributed by atoms with Gasteiger partial charge >= 0.3 is 0 Å². The Kier molecular flexibility index (Phi) is 4.46. The topological polar surface area (TPSA) is 64.9 Å². The summed E-state index contributed by atoms with van der Waals surface area (Å²) in [5, 5.41) is 15.3. The van der Waals surface area contributed by atoms with Gasteiger partial charge in [0.1, 0.15) is 6.07 Å². The van der Waals surface area contributed by atoms with Crippen LogP contribution in [0.5, 0.6) is 0 Å².